The van der Waals surface area contributed by atoms with Crippen molar-refractivity contribution >= 4 is 0 Å². The van der Waals surface area contributed by atoms with Crippen LogP contribution in [0, 0.1) is 17.8 Å². The van der Waals surface area contributed by atoms with E-state index < -0.39 is 0 Å². The minimum Gasteiger partial charge on any atom is -0.301 e. The monoisotopic (exact) mass is 211 g/mol. The molecule has 0 saturated heterocycles. The van der Waals surface area contributed by atoms with Gasteiger partial charge in [0.1, 0.15) is 0 Å². The van der Waals surface area contributed by atoms with Crippen LogP contribution in [0.4, 0.5) is 0 Å². The van der Waals surface area contributed by atoms with Gasteiger partial charge in [0.05, 0.1) is 0 Å². The molecule has 1 nitrogen and oxygen atoms in total. The Kier molecular flexibility index (Phi) is 5.11. The van der Waals surface area contributed by atoms with Crippen molar-refractivity contribution in [2.24, 2.45) is 17.8 Å². The molecule has 0 aromatic rings. The second-order valence-corrected chi connectivity index (χ2v) is 5.56. The zero-order valence-corrected chi connectivity index (χ0v) is 11.3. The van der Waals surface area contributed by atoms with Crippen LogP contribution >= 0.6 is 0 Å². The van der Waals surface area contributed by atoms with Crippen LogP contribution in [0.3, 0.4) is 0 Å². The summed E-state index contributed by atoms with van der Waals surface area (Å²) >= 11 is 0. The molecule has 90 valence electrons. The highest BCUT2D eigenvalue weighted by Gasteiger charge is 2.33. The van der Waals surface area contributed by atoms with Gasteiger partial charge in [-0.15, -0.1) is 0 Å². The number of rotatable bonds is 6. The highest BCUT2D eigenvalue weighted by atomic mass is 15.1. The average molecular weight is 211 g/mol. The van der Waals surface area contributed by atoms with Crippen molar-refractivity contribution in [3.05, 3.63) is 0 Å². The Morgan fingerprint density at radius 2 is 1.80 bits per heavy atom. The van der Waals surface area contributed by atoms with Crippen LogP contribution in [0.1, 0.15) is 53.9 Å². The molecular formula is C14H29N. The summed E-state index contributed by atoms with van der Waals surface area (Å²) in [6.45, 7) is 14.3. The molecule has 2 atom stereocenters. The fourth-order valence-electron chi connectivity index (χ4n) is 3.06. The maximum atomic E-state index is 2.65. The van der Waals surface area contributed by atoms with Gasteiger partial charge in [0.15, 0.2) is 0 Å². The van der Waals surface area contributed by atoms with Gasteiger partial charge in [-0.05, 0) is 57.0 Å². The van der Waals surface area contributed by atoms with E-state index in [9.17, 15) is 0 Å². The van der Waals surface area contributed by atoms with Crippen LogP contribution < -0.4 is 0 Å². The van der Waals surface area contributed by atoms with Crippen LogP contribution in [0.5, 0.6) is 0 Å². The first-order valence-corrected chi connectivity index (χ1v) is 6.84. The molecule has 1 rings (SSSR count). The van der Waals surface area contributed by atoms with Gasteiger partial charge >= 0.3 is 0 Å². The Morgan fingerprint density at radius 1 is 1.20 bits per heavy atom. The summed E-state index contributed by atoms with van der Waals surface area (Å²) < 4.78 is 0. The zero-order valence-electron chi connectivity index (χ0n) is 11.3. The molecule has 0 bridgehead atoms. The lowest BCUT2D eigenvalue weighted by molar-refractivity contribution is 0.0691. The first-order chi connectivity index (χ1) is 7.10. The van der Waals surface area contributed by atoms with Gasteiger partial charge in [-0.3, -0.25) is 0 Å². The Balaban J connectivity index is 2.39. The van der Waals surface area contributed by atoms with Gasteiger partial charge in [-0.25, -0.2) is 0 Å². The minimum atomic E-state index is 0.771. The van der Waals surface area contributed by atoms with Gasteiger partial charge in [0.25, 0.3) is 0 Å². The van der Waals surface area contributed by atoms with Gasteiger partial charge in [0.2, 0.25) is 0 Å². The first kappa shape index (κ1) is 13.0. The van der Waals surface area contributed by atoms with E-state index in [4.69, 9.17) is 0 Å². The molecule has 1 aliphatic rings. The predicted molar refractivity (Wildman–Crippen MR) is 68.1 cm³/mol. The lowest BCUT2D eigenvalue weighted by Crippen LogP contribution is -2.43. The summed E-state index contributed by atoms with van der Waals surface area (Å²) in [5, 5.41) is 0. The predicted octanol–water partition coefficient (Wildman–Crippen LogP) is 3.79. The number of hydrogen-bond donors (Lipinski definition) is 0. The van der Waals surface area contributed by atoms with Gasteiger partial charge in [-0.2, -0.15) is 0 Å². The van der Waals surface area contributed by atoms with Gasteiger partial charge < -0.3 is 4.90 Å². The highest BCUT2D eigenvalue weighted by Crippen LogP contribution is 2.40. The van der Waals surface area contributed by atoms with Crippen molar-refractivity contribution in [1.82, 2.24) is 4.90 Å². The standard InChI is InChI=1S/C14H29N/c1-6-8-15(7-2)13(5)12(4)14-9-11(3)10-14/h11-14H,6-10H2,1-5H3/t11?,12-,13?,14?/m1/s1. The largest absolute Gasteiger partial charge is 0.301 e. The first-order valence-electron chi connectivity index (χ1n) is 6.84. The van der Waals surface area contributed by atoms with Crippen molar-refractivity contribution < 1.29 is 0 Å². The van der Waals surface area contributed by atoms with Gasteiger partial charge in [0, 0.05) is 6.04 Å². The third-order valence-corrected chi connectivity index (χ3v) is 4.41. The third-order valence-electron chi connectivity index (χ3n) is 4.41. The highest BCUT2D eigenvalue weighted by molar-refractivity contribution is 4.85. The van der Waals surface area contributed by atoms with E-state index in [1.807, 2.05) is 0 Å². The molecule has 1 saturated carbocycles. The van der Waals surface area contributed by atoms with Gasteiger partial charge in [-0.1, -0.05) is 27.7 Å². The van der Waals surface area contributed by atoms with Crippen molar-refractivity contribution in [1.29, 1.82) is 0 Å². The van der Waals surface area contributed by atoms with Crippen LogP contribution in [0.15, 0.2) is 0 Å². The normalized spacial score (nSPS) is 30.0. The molecule has 15 heavy (non-hydrogen) atoms. The molecule has 1 aliphatic carbocycles. The van der Waals surface area contributed by atoms with Crippen LogP contribution in [0.2, 0.25) is 0 Å². The molecule has 1 heteroatoms. The Labute approximate surface area is 96.2 Å². The van der Waals surface area contributed by atoms with E-state index in [2.05, 4.69) is 39.5 Å². The summed E-state index contributed by atoms with van der Waals surface area (Å²) in [6, 6.07) is 0.771. The lowest BCUT2D eigenvalue weighted by Gasteiger charge is -2.43. The van der Waals surface area contributed by atoms with Crippen LogP contribution in [-0.2, 0) is 0 Å². The van der Waals surface area contributed by atoms with Crippen LogP contribution in [0.25, 0.3) is 0 Å². The molecule has 0 aromatic heterocycles. The quantitative estimate of drug-likeness (QED) is 0.646. The van der Waals surface area contributed by atoms with E-state index in [1.54, 1.807) is 0 Å². The van der Waals surface area contributed by atoms with E-state index in [-0.39, 0.29) is 0 Å². The molecule has 1 fully saturated rings. The number of hydrogen-bond acceptors (Lipinski definition) is 1. The topological polar surface area (TPSA) is 3.24 Å². The maximum absolute atomic E-state index is 2.65. The minimum absolute atomic E-state index is 0.771. The molecular weight excluding hydrogens is 182 g/mol. The summed E-state index contributed by atoms with van der Waals surface area (Å²) in [6.07, 6.45) is 4.22. The Bertz CT molecular complexity index is 172. The lowest BCUT2D eigenvalue weighted by atomic mass is 9.68. The number of nitrogens with zero attached hydrogens (tertiary/aromatic N) is 1. The van der Waals surface area contributed by atoms with E-state index >= 15 is 0 Å². The summed E-state index contributed by atoms with van der Waals surface area (Å²) in [4.78, 5) is 2.65. The Hall–Kier alpha value is -0.0400. The van der Waals surface area contributed by atoms with Crippen molar-refractivity contribution in [2.75, 3.05) is 13.1 Å². The third kappa shape index (κ3) is 3.21. The van der Waals surface area contributed by atoms with E-state index in [1.165, 1.54) is 32.4 Å². The summed E-state index contributed by atoms with van der Waals surface area (Å²) in [5.74, 6) is 2.87. The van der Waals surface area contributed by atoms with Crippen LogP contribution in [-0.4, -0.2) is 24.0 Å². The molecule has 0 heterocycles. The molecule has 0 spiro atoms. The molecule has 0 N–H and O–H groups in total. The Morgan fingerprint density at radius 3 is 2.20 bits per heavy atom. The second-order valence-electron chi connectivity index (χ2n) is 5.56. The van der Waals surface area contributed by atoms with Crippen molar-refractivity contribution in [3.8, 4) is 0 Å². The summed E-state index contributed by atoms with van der Waals surface area (Å²) in [7, 11) is 0. The fourth-order valence-corrected chi connectivity index (χ4v) is 3.06. The molecule has 0 amide bonds. The molecule has 0 aromatic carbocycles. The van der Waals surface area contributed by atoms with E-state index in [0.29, 0.717) is 0 Å². The summed E-state index contributed by atoms with van der Waals surface area (Å²) in [5.41, 5.74) is 0. The van der Waals surface area contributed by atoms with E-state index in [0.717, 1.165) is 23.8 Å². The molecule has 0 aliphatic heterocycles. The molecule has 0 radical (unpaired) electrons. The smallest absolute Gasteiger partial charge is 0.00950 e. The van der Waals surface area contributed by atoms with Crippen molar-refractivity contribution in [2.45, 2.75) is 59.9 Å². The van der Waals surface area contributed by atoms with Crippen molar-refractivity contribution in [3.63, 3.8) is 0 Å². The zero-order chi connectivity index (χ0) is 11.4. The molecule has 1 unspecified atom stereocenters. The SMILES string of the molecule is CCCN(CC)C(C)[C@@H](C)C1CC(C)C1. The maximum Gasteiger partial charge on any atom is 0.00950 e. The average Bonchev–Trinajstić information content (AvgIpc) is 2.19. The second kappa shape index (κ2) is 5.89. The fraction of sp³-hybridized carbons (Fsp3) is 1.00.